The van der Waals surface area contributed by atoms with Crippen LogP contribution in [0.25, 0.3) is 0 Å². The molecule has 0 saturated heterocycles. The van der Waals surface area contributed by atoms with Crippen molar-refractivity contribution >= 4 is 0 Å². The molecule has 0 fully saturated rings. The van der Waals surface area contributed by atoms with Crippen LogP contribution in [-0.2, 0) is 19.5 Å². The Morgan fingerprint density at radius 1 is 0.500 bits per heavy atom. The van der Waals surface area contributed by atoms with Crippen LogP contribution in [0.2, 0.25) is 0 Å². The number of hydrogen-bond acceptors (Lipinski definition) is 0. The van der Waals surface area contributed by atoms with Gasteiger partial charge in [-0.05, 0) is 0 Å². The van der Waals surface area contributed by atoms with E-state index in [1.54, 1.807) is 0 Å². The van der Waals surface area contributed by atoms with Gasteiger partial charge in [0, 0.05) is 0 Å². The van der Waals surface area contributed by atoms with Crippen molar-refractivity contribution in [3.8, 4) is 0 Å². The van der Waals surface area contributed by atoms with Crippen LogP contribution < -0.4 is 0 Å². The Kier molecular flexibility index (Phi) is 4730. The fourth-order valence-corrected chi connectivity index (χ4v) is 0. The largest absolute Gasteiger partial charge is 3.00 e. The quantitative estimate of drug-likeness (QED) is 0.348. The molecule has 3 nitrogen and oxygen atoms in total. The number of rotatable bonds is 0. The summed E-state index contributed by atoms with van der Waals surface area (Å²) in [7, 11) is 0. The van der Waals surface area contributed by atoms with Crippen molar-refractivity contribution < 1.29 is 35.9 Å². The molecular weight excluding hydrogens is 151 g/mol. The van der Waals surface area contributed by atoms with E-state index in [4.69, 9.17) is 0 Å². The van der Waals surface area contributed by atoms with Crippen LogP contribution in [0.3, 0.4) is 0 Å². The fourth-order valence-electron chi connectivity index (χ4n) is 0. The molecule has 4 heavy (non-hydrogen) atoms. The van der Waals surface area contributed by atoms with Gasteiger partial charge in [0.25, 0.3) is 0 Å². The SMILES string of the molecule is O.O.O.[Rh+3]. The van der Waals surface area contributed by atoms with Crippen molar-refractivity contribution in [1.29, 1.82) is 0 Å². The third-order valence-electron chi connectivity index (χ3n) is 0. The van der Waals surface area contributed by atoms with E-state index in [-0.39, 0.29) is 35.9 Å². The zero-order chi connectivity index (χ0) is 0. The monoisotopic (exact) mass is 157 g/mol. The molecule has 0 aromatic heterocycles. The van der Waals surface area contributed by atoms with Gasteiger partial charge in [-0.15, -0.1) is 0 Å². The topological polar surface area (TPSA) is 94.5 Å². The summed E-state index contributed by atoms with van der Waals surface area (Å²) in [4.78, 5) is 0. The minimum Gasteiger partial charge on any atom is -0.412 e. The summed E-state index contributed by atoms with van der Waals surface area (Å²) in [6.07, 6.45) is 0. The van der Waals surface area contributed by atoms with Gasteiger partial charge < -0.3 is 16.4 Å². The summed E-state index contributed by atoms with van der Waals surface area (Å²) in [6.45, 7) is 0. The van der Waals surface area contributed by atoms with Gasteiger partial charge in [-0.3, -0.25) is 0 Å². The first-order chi connectivity index (χ1) is 0. The molecule has 0 bridgehead atoms. The molecule has 0 heterocycles. The Hall–Kier alpha value is 0.503. The smallest absolute Gasteiger partial charge is 0.412 e. The molecule has 0 aromatic carbocycles. The van der Waals surface area contributed by atoms with Crippen LogP contribution in [0.4, 0.5) is 0 Å². The molecule has 0 amide bonds. The van der Waals surface area contributed by atoms with E-state index in [0.717, 1.165) is 0 Å². The molecule has 4 heteroatoms. The molecule has 0 aromatic rings. The average molecular weight is 157 g/mol. The Bertz CT molecular complexity index is 3.25. The van der Waals surface area contributed by atoms with Crippen molar-refractivity contribution in [2.75, 3.05) is 0 Å². The molecular formula is H6O3Rh+3. The standard InChI is InChI=1S/3H2O.Rh/h3*1H2;/q;;;+3. The molecule has 0 aliphatic carbocycles. The van der Waals surface area contributed by atoms with Crippen molar-refractivity contribution in [2.45, 2.75) is 0 Å². The van der Waals surface area contributed by atoms with Crippen LogP contribution in [0, 0.1) is 0 Å². The molecule has 0 spiro atoms. The van der Waals surface area contributed by atoms with E-state index in [1.807, 2.05) is 0 Å². The predicted octanol–water partition coefficient (Wildman–Crippen LogP) is -2.48. The number of hydrogen-bond donors (Lipinski definition) is 0. The van der Waals surface area contributed by atoms with E-state index in [2.05, 4.69) is 0 Å². The first kappa shape index (κ1) is 218. The zero-order valence-corrected chi connectivity index (χ0v) is 3.47. The maximum absolute atomic E-state index is 0. The average Bonchev–Trinajstić information content (AvgIpc) is 0. The second-order valence-electron chi connectivity index (χ2n) is 0. The molecule has 6 N–H and O–H groups in total. The second-order valence-corrected chi connectivity index (χ2v) is 0. The van der Waals surface area contributed by atoms with E-state index in [9.17, 15) is 0 Å². The molecule has 0 radical (unpaired) electrons. The molecule has 0 unspecified atom stereocenters. The van der Waals surface area contributed by atoms with Gasteiger partial charge in [-0.1, -0.05) is 0 Å². The third kappa shape index (κ3) is 22.3. The van der Waals surface area contributed by atoms with Crippen LogP contribution in [-0.4, -0.2) is 16.4 Å². The summed E-state index contributed by atoms with van der Waals surface area (Å²) in [5.41, 5.74) is 0. The van der Waals surface area contributed by atoms with E-state index >= 15 is 0 Å². The van der Waals surface area contributed by atoms with E-state index < -0.39 is 0 Å². The maximum Gasteiger partial charge on any atom is 3.00 e. The molecule has 0 rings (SSSR count). The second kappa shape index (κ2) is 86.6. The fraction of sp³-hybridized carbons (Fsp3) is 0. The first-order valence-corrected chi connectivity index (χ1v) is 0. The van der Waals surface area contributed by atoms with E-state index in [1.165, 1.54) is 0 Å². The Balaban J connectivity index is 0. The van der Waals surface area contributed by atoms with Crippen molar-refractivity contribution in [3.05, 3.63) is 0 Å². The minimum atomic E-state index is 0. The van der Waals surface area contributed by atoms with Crippen LogP contribution >= 0.6 is 0 Å². The van der Waals surface area contributed by atoms with Gasteiger partial charge in [0.15, 0.2) is 0 Å². The van der Waals surface area contributed by atoms with Gasteiger partial charge >= 0.3 is 19.5 Å². The zero-order valence-electron chi connectivity index (χ0n) is 1.83. The summed E-state index contributed by atoms with van der Waals surface area (Å²) in [5.74, 6) is 0. The van der Waals surface area contributed by atoms with E-state index in [0.29, 0.717) is 0 Å². The normalized spacial score (nSPS) is 0. The minimum absolute atomic E-state index is 0. The van der Waals surface area contributed by atoms with Crippen molar-refractivity contribution in [2.24, 2.45) is 0 Å². The predicted molar refractivity (Wildman–Crippen MR) is 10.8 cm³/mol. The third-order valence-corrected chi connectivity index (χ3v) is 0. The van der Waals surface area contributed by atoms with Gasteiger partial charge in [0.1, 0.15) is 0 Å². The van der Waals surface area contributed by atoms with Crippen molar-refractivity contribution in [1.82, 2.24) is 0 Å². The van der Waals surface area contributed by atoms with Crippen molar-refractivity contribution in [3.63, 3.8) is 0 Å². The van der Waals surface area contributed by atoms with Crippen LogP contribution in [0.15, 0.2) is 0 Å². The van der Waals surface area contributed by atoms with Crippen LogP contribution in [0.1, 0.15) is 0 Å². The summed E-state index contributed by atoms with van der Waals surface area (Å²) in [5, 5.41) is 0. The summed E-state index contributed by atoms with van der Waals surface area (Å²) in [6, 6.07) is 0. The summed E-state index contributed by atoms with van der Waals surface area (Å²) >= 11 is 0. The Labute approximate surface area is 36.7 Å². The van der Waals surface area contributed by atoms with Gasteiger partial charge in [0.2, 0.25) is 0 Å². The Morgan fingerprint density at radius 2 is 0.500 bits per heavy atom. The maximum atomic E-state index is 0. The van der Waals surface area contributed by atoms with Gasteiger partial charge in [-0.2, -0.15) is 0 Å². The summed E-state index contributed by atoms with van der Waals surface area (Å²) < 4.78 is 0. The Morgan fingerprint density at radius 3 is 0.500 bits per heavy atom. The van der Waals surface area contributed by atoms with Crippen LogP contribution in [0.5, 0.6) is 0 Å². The molecule has 0 atom stereocenters. The first-order valence-electron chi connectivity index (χ1n) is 0. The molecule has 0 aliphatic rings. The van der Waals surface area contributed by atoms with Gasteiger partial charge in [0.05, 0.1) is 0 Å². The molecule has 0 saturated carbocycles. The molecule has 0 aliphatic heterocycles. The molecule has 30 valence electrons. The van der Waals surface area contributed by atoms with Gasteiger partial charge in [-0.25, -0.2) is 0 Å².